The topological polar surface area (TPSA) is 13.0 Å². The predicted molar refractivity (Wildman–Crippen MR) is 364 cm³/mol. The Morgan fingerprint density at radius 2 is 0.624 bits per heavy atom. The van der Waals surface area contributed by atoms with Crippen LogP contribution < -0.4 is 52.4 Å². The van der Waals surface area contributed by atoms with Gasteiger partial charge in [0.15, 0.2) is 0 Å². The molecule has 0 aliphatic carbocycles. The van der Waals surface area contributed by atoms with Crippen LogP contribution in [0.1, 0.15) is 52.7 Å². The molecule has 404 valence electrons. The van der Waals surface area contributed by atoms with Crippen molar-refractivity contribution < 1.29 is 0 Å². The molecule has 1 aromatic heterocycles. The summed E-state index contributed by atoms with van der Waals surface area (Å²) in [7, 11) is 0. The van der Waals surface area contributed by atoms with E-state index in [1.807, 2.05) is 0 Å². The number of nitrogens with zero attached hydrogens (tertiary/aromatic N) is 4. The Hall–Kier alpha value is -9.25. The second-order valence-corrected chi connectivity index (χ2v) is 27.8. The van der Waals surface area contributed by atoms with Crippen LogP contribution in [0, 0.1) is 0 Å². The molecule has 5 aliphatic rings. The molecule has 0 atom stereocenters. The van der Waals surface area contributed by atoms with E-state index in [0.717, 1.165) is 11.4 Å². The zero-order valence-corrected chi connectivity index (χ0v) is 50.3. The van der Waals surface area contributed by atoms with Gasteiger partial charge in [0.2, 0.25) is 0 Å². The molecule has 0 saturated heterocycles. The van der Waals surface area contributed by atoms with Crippen LogP contribution in [-0.4, -0.2) is 27.9 Å². The molecule has 85 heavy (non-hydrogen) atoms. The summed E-state index contributed by atoms with van der Waals surface area (Å²) >= 11 is -0.131. The average Bonchev–Trinajstić information content (AvgIpc) is 1.62. The van der Waals surface area contributed by atoms with Gasteiger partial charge in [-0.25, -0.2) is 0 Å². The van der Waals surface area contributed by atoms with Gasteiger partial charge < -0.3 is 0 Å². The first-order valence-corrected chi connectivity index (χ1v) is 31.7. The van der Waals surface area contributed by atoms with Crippen molar-refractivity contribution in [3.8, 4) is 42.3 Å². The summed E-state index contributed by atoms with van der Waals surface area (Å²) in [6, 6.07) is 97.2. The van der Waals surface area contributed by atoms with Gasteiger partial charge in [0, 0.05) is 0 Å². The van der Waals surface area contributed by atoms with E-state index in [2.05, 4.69) is 316 Å². The normalized spacial score (nSPS) is 13.9. The summed E-state index contributed by atoms with van der Waals surface area (Å²) in [5, 5.41) is 0. The molecule has 0 saturated carbocycles. The number of para-hydroxylation sites is 2. The van der Waals surface area contributed by atoms with E-state index in [9.17, 15) is 0 Å². The van der Waals surface area contributed by atoms with E-state index in [1.165, 1.54) is 143 Å². The number of anilines is 12. The molecule has 17 rings (SSSR count). The first-order chi connectivity index (χ1) is 41.5. The van der Waals surface area contributed by atoms with Crippen molar-refractivity contribution in [2.45, 2.75) is 52.4 Å². The third-order valence-electron chi connectivity index (χ3n) is 18.6. The van der Waals surface area contributed by atoms with Crippen molar-refractivity contribution >= 4 is 129 Å². The number of rotatable bonds is 6. The second-order valence-electron chi connectivity index (χ2n) is 25.6. The van der Waals surface area contributed by atoms with Crippen LogP contribution in [-0.2, 0) is 10.8 Å². The van der Waals surface area contributed by atoms with Crippen LogP contribution in [0.15, 0.2) is 255 Å². The zero-order chi connectivity index (χ0) is 57.0. The Morgan fingerprint density at radius 3 is 1.06 bits per heavy atom. The molecular formula is C78H60B2N4Se. The number of hydrogen-bond donors (Lipinski definition) is 0. The molecule has 7 heteroatoms. The van der Waals surface area contributed by atoms with Crippen LogP contribution in [0.25, 0.3) is 42.3 Å². The first kappa shape index (κ1) is 50.3. The fraction of sp³-hybridized carbons (Fsp3) is 0.103. The van der Waals surface area contributed by atoms with Gasteiger partial charge in [0.1, 0.15) is 0 Å². The average molecular weight is 1150 g/mol. The molecule has 0 amide bonds. The summed E-state index contributed by atoms with van der Waals surface area (Å²) in [5.41, 5.74) is 32.5. The van der Waals surface area contributed by atoms with Crippen LogP contribution in [0.4, 0.5) is 68.2 Å². The van der Waals surface area contributed by atoms with E-state index in [0.29, 0.717) is 0 Å². The van der Waals surface area contributed by atoms with Crippen molar-refractivity contribution in [2.75, 3.05) is 19.6 Å². The fourth-order valence-corrected chi connectivity index (χ4v) is 17.3. The van der Waals surface area contributed by atoms with Gasteiger partial charge in [-0.2, -0.15) is 0 Å². The van der Waals surface area contributed by atoms with Crippen LogP contribution in [0.5, 0.6) is 0 Å². The quantitative estimate of drug-likeness (QED) is 0.154. The molecule has 0 fully saturated rings. The van der Waals surface area contributed by atoms with Crippen molar-refractivity contribution in [1.29, 1.82) is 0 Å². The molecule has 6 heterocycles. The van der Waals surface area contributed by atoms with E-state index < -0.39 is 0 Å². The first-order valence-electron chi connectivity index (χ1n) is 30.0. The van der Waals surface area contributed by atoms with Gasteiger partial charge in [-0.15, -0.1) is 0 Å². The fourth-order valence-electron chi connectivity index (χ4n) is 14.7. The maximum atomic E-state index is 2.80. The molecule has 0 bridgehead atoms. The van der Waals surface area contributed by atoms with Gasteiger partial charge in [-0.1, -0.05) is 0 Å². The van der Waals surface area contributed by atoms with E-state index in [4.69, 9.17) is 0 Å². The Morgan fingerprint density at radius 1 is 0.271 bits per heavy atom. The van der Waals surface area contributed by atoms with E-state index in [-0.39, 0.29) is 38.8 Å². The summed E-state index contributed by atoms with van der Waals surface area (Å²) < 4.78 is 2.77. The summed E-state index contributed by atoms with van der Waals surface area (Å²) in [4.78, 5) is 10.8. The number of hydrogen-bond acceptors (Lipinski definition) is 4. The van der Waals surface area contributed by atoms with Gasteiger partial charge in [0.25, 0.3) is 0 Å². The number of benzene rings is 11. The van der Waals surface area contributed by atoms with Crippen molar-refractivity contribution in [3.63, 3.8) is 0 Å². The molecule has 0 radical (unpaired) electrons. The van der Waals surface area contributed by atoms with Crippen LogP contribution >= 0.6 is 0 Å². The summed E-state index contributed by atoms with van der Waals surface area (Å²) in [6.07, 6.45) is 0. The SMILES string of the molecule is CC(C)(C)c1ccc2c(c1)B1c3ccc4c5c3N(c3cc(-c6ccccc6)cc(c31)N2c1ccccc1)c1c(-c2ccccc2)[se]c(-c2ccccc2)c1N5c1cc(-c2ccccc2)cc2c1B4c1ccc(C(C)(C)C)cc1N2c1ccccc1. The standard InChI is InChI=1S/C78H60B2N4Se/c1-77(2,3)55-38-42-63-62(47-55)80-61-41-40-60-71-72(61)84(68-46-53(49-25-13-7-14-26-49)43-65(70(68)80)81(63)57-33-21-11-22-34-57)74-73(75(51-29-17-9-18-30-51)85-76(74)52-31-19-10-20-32-52)83(71)67-45-54(50-27-15-8-16-28-50)44-66-69(67)79(60)59-39-37-56(78(4,5)6)48-64(59)82(66)58-35-23-12-24-36-58/h7-48H,1-6H3. The van der Waals surface area contributed by atoms with Crippen molar-refractivity contribution in [2.24, 2.45) is 0 Å². The minimum absolute atomic E-state index is 0.0792. The van der Waals surface area contributed by atoms with E-state index in [1.54, 1.807) is 0 Å². The molecule has 0 N–H and O–H groups in total. The summed E-state index contributed by atoms with van der Waals surface area (Å²) in [6.45, 7) is 13.9. The van der Waals surface area contributed by atoms with Gasteiger partial charge in [-0.3, -0.25) is 0 Å². The molecule has 12 aromatic rings. The number of fused-ring (bicyclic) bond motifs is 11. The Kier molecular flexibility index (Phi) is 11.0. The van der Waals surface area contributed by atoms with Gasteiger partial charge in [-0.05, 0) is 0 Å². The van der Waals surface area contributed by atoms with Crippen LogP contribution in [0.2, 0.25) is 0 Å². The van der Waals surface area contributed by atoms with E-state index >= 15 is 0 Å². The monoisotopic (exact) mass is 1150 g/mol. The third kappa shape index (κ3) is 7.49. The predicted octanol–water partition coefficient (Wildman–Crippen LogP) is 16.5. The molecule has 4 nitrogen and oxygen atoms in total. The Bertz CT molecular complexity index is 4690. The Labute approximate surface area is 505 Å². The molecular weight excluding hydrogens is 1090 g/mol. The molecule has 5 aliphatic heterocycles. The van der Waals surface area contributed by atoms with Crippen molar-refractivity contribution in [1.82, 2.24) is 0 Å². The molecule has 11 aromatic carbocycles. The zero-order valence-electron chi connectivity index (χ0n) is 48.6. The minimum atomic E-state index is -0.131. The Balaban J connectivity index is 1.07. The molecule has 0 spiro atoms. The van der Waals surface area contributed by atoms with Gasteiger partial charge in [0.05, 0.1) is 0 Å². The van der Waals surface area contributed by atoms with Crippen molar-refractivity contribution in [3.05, 3.63) is 266 Å². The molecule has 0 unspecified atom stereocenters. The second kappa shape index (κ2) is 18.6. The maximum absolute atomic E-state index is 2.80. The summed E-state index contributed by atoms with van der Waals surface area (Å²) in [5.74, 6) is 0. The third-order valence-corrected chi connectivity index (χ3v) is 21.3. The van der Waals surface area contributed by atoms with Crippen LogP contribution in [0.3, 0.4) is 0 Å². The van der Waals surface area contributed by atoms with Gasteiger partial charge >= 0.3 is 509 Å².